The fourth-order valence-corrected chi connectivity index (χ4v) is 4.19. The molecule has 3 fully saturated rings. The Morgan fingerprint density at radius 1 is 1.43 bits per heavy atom. The van der Waals surface area contributed by atoms with E-state index in [-0.39, 0.29) is 6.03 Å². The van der Waals surface area contributed by atoms with E-state index in [0.717, 1.165) is 23.6 Å². The van der Waals surface area contributed by atoms with Crippen molar-refractivity contribution in [3.8, 4) is 0 Å². The molecule has 0 radical (unpaired) electrons. The highest BCUT2D eigenvalue weighted by Gasteiger charge is 2.61. The van der Waals surface area contributed by atoms with Gasteiger partial charge in [-0.15, -0.1) is 0 Å². The second-order valence-corrected chi connectivity index (χ2v) is 7.16. The molecule has 2 aliphatic carbocycles. The molecule has 1 unspecified atom stereocenters. The summed E-state index contributed by atoms with van der Waals surface area (Å²) in [5.41, 5.74) is 2.71. The van der Waals surface area contributed by atoms with Gasteiger partial charge >= 0.3 is 6.03 Å². The number of nitrogens with one attached hydrogen (secondary N) is 1. The van der Waals surface area contributed by atoms with Crippen molar-refractivity contribution in [2.45, 2.75) is 51.6 Å². The van der Waals surface area contributed by atoms with Crippen LogP contribution in [0.5, 0.6) is 0 Å². The first-order valence-electron chi connectivity index (χ1n) is 8.13. The third-order valence-corrected chi connectivity index (χ3v) is 5.50. The fourth-order valence-electron chi connectivity index (χ4n) is 4.19. The Labute approximate surface area is 125 Å². The number of hydrogen-bond acceptors (Lipinski definition) is 2. The fraction of sp³-hybridized carbons (Fsp3) is 0.647. The lowest BCUT2D eigenvalue weighted by Crippen LogP contribution is -2.71. The summed E-state index contributed by atoms with van der Waals surface area (Å²) in [5, 5.41) is 3.07. The summed E-state index contributed by atoms with van der Waals surface area (Å²) < 4.78 is 0. The minimum absolute atomic E-state index is 0.117. The molecule has 4 rings (SSSR count). The molecule has 1 spiro atoms. The van der Waals surface area contributed by atoms with Crippen LogP contribution in [0.4, 0.5) is 4.79 Å². The van der Waals surface area contributed by atoms with Crippen LogP contribution in [0.3, 0.4) is 0 Å². The van der Waals surface area contributed by atoms with Gasteiger partial charge in [-0.2, -0.15) is 0 Å². The number of carbonyl (C=O) groups excluding carboxylic acids is 1. The van der Waals surface area contributed by atoms with Gasteiger partial charge in [0.05, 0.1) is 0 Å². The maximum absolute atomic E-state index is 12.4. The van der Waals surface area contributed by atoms with Gasteiger partial charge in [-0.05, 0) is 49.7 Å². The smallest absolute Gasteiger partial charge is 0.317 e. The Morgan fingerprint density at radius 3 is 2.86 bits per heavy atom. The van der Waals surface area contributed by atoms with Gasteiger partial charge in [0.1, 0.15) is 0 Å². The average Bonchev–Trinajstić information content (AvgIpc) is 3.18. The monoisotopic (exact) mass is 285 g/mol. The van der Waals surface area contributed by atoms with E-state index in [9.17, 15) is 4.79 Å². The van der Waals surface area contributed by atoms with Gasteiger partial charge in [0.25, 0.3) is 0 Å². The lowest BCUT2D eigenvalue weighted by molar-refractivity contribution is -0.107. The van der Waals surface area contributed by atoms with E-state index in [1.54, 1.807) is 0 Å². The molecule has 1 N–H and O–H groups in total. The van der Waals surface area contributed by atoms with Crippen molar-refractivity contribution in [1.29, 1.82) is 0 Å². The number of nitrogens with zero attached hydrogens (tertiary/aromatic N) is 2. The molecule has 0 aromatic carbocycles. The molecule has 1 aromatic heterocycles. The highest BCUT2D eigenvalue weighted by molar-refractivity contribution is 5.76. The maximum atomic E-state index is 12.4. The molecular formula is C17H23N3O. The number of urea groups is 1. The third kappa shape index (κ3) is 2.21. The van der Waals surface area contributed by atoms with Crippen LogP contribution in [-0.2, 0) is 6.54 Å². The molecule has 3 aliphatic rings. The van der Waals surface area contributed by atoms with Crippen molar-refractivity contribution in [1.82, 2.24) is 15.2 Å². The summed E-state index contributed by atoms with van der Waals surface area (Å²) in [4.78, 5) is 18.7. The number of aryl methyl sites for hydroxylation is 1. The van der Waals surface area contributed by atoms with Crippen molar-refractivity contribution in [3.05, 3.63) is 29.6 Å². The number of carbonyl (C=O) groups is 1. The first-order valence-corrected chi connectivity index (χ1v) is 8.13. The first kappa shape index (κ1) is 13.1. The Morgan fingerprint density at radius 2 is 2.24 bits per heavy atom. The molecule has 0 bridgehead atoms. The maximum Gasteiger partial charge on any atom is 0.317 e. The van der Waals surface area contributed by atoms with Crippen molar-refractivity contribution in [2.75, 3.05) is 6.54 Å². The predicted molar refractivity (Wildman–Crippen MR) is 80.7 cm³/mol. The molecule has 1 atom stereocenters. The van der Waals surface area contributed by atoms with E-state index in [4.69, 9.17) is 0 Å². The Balaban J connectivity index is 1.37. The van der Waals surface area contributed by atoms with Gasteiger partial charge in [0.2, 0.25) is 0 Å². The molecule has 112 valence electrons. The minimum atomic E-state index is 0.117. The molecule has 4 nitrogen and oxygen atoms in total. The van der Waals surface area contributed by atoms with Gasteiger partial charge in [-0.3, -0.25) is 4.98 Å². The molecule has 21 heavy (non-hydrogen) atoms. The van der Waals surface area contributed by atoms with Gasteiger partial charge in [-0.25, -0.2) is 4.79 Å². The van der Waals surface area contributed by atoms with Crippen LogP contribution in [-0.4, -0.2) is 28.5 Å². The zero-order chi connectivity index (χ0) is 14.4. The number of likely N-dealkylation sites (tertiary alicyclic amines) is 1. The standard InChI is InChI=1S/C17H23N3O/c1-12-7-13(9-18-8-12)10-19-16(21)20-11-17(5-2-6-17)15(20)14-3-4-14/h7-9,14-15H,2-6,10-11H2,1H3,(H,19,21). The van der Waals surface area contributed by atoms with E-state index >= 15 is 0 Å². The average molecular weight is 285 g/mol. The first-order chi connectivity index (χ1) is 10.2. The van der Waals surface area contributed by atoms with E-state index in [0.29, 0.717) is 18.0 Å². The van der Waals surface area contributed by atoms with Crippen LogP contribution < -0.4 is 5.32 Å². The molecule has 2 saturated carbocycles. The summed E-state index contributed by atoms with van der Waals surface area (Å²) in [7, 11) is 0. The molecule has 2 amide bonds. The number of hydrogen-bond donors (Lipinski definition) is 1. The van der Waals surface area contributed by atoms with Crippen molar-refractivity contribution in [2.24, 2.45) is 11.3 Å². The summed E-state index contributed by atoms with van der Waals surface area (Å²) >= 11 is 0. The van der Waals surface area contributed by atoms with Crippen LogP contribution in [0.1, 0.15) is 43.2 Å². The normalized spacial score (nSPS) is 26.1. The van der Waals surface area contributed by atoms with E-state index in [1.807, 2.05) is 19.3 Å². The van der Waals surface area contributed by atoms with Crippen molar-refractivity contribution >= 4 is 6.03 Å². The highest BCUT2D eigenvalue weighted by Crippen LogP contribution is 2.59. The van der Waals surface area contributed by atoms with Crippen LogP contribution in [0, 0.1) is 18.3 Å². The zero-order valence-corrected chi connectivity index (χ0v) is 12.6. The molecule has 1 saturated heterocycles. The zero-order valence-electron chi connectivity index (χ0n) is 12.6. The number of pyridine rings is 1. The van der Waals surface area contributed by atoms with Gasteiger partial charge in [0.15, 0.2) is 0 Å². The molecule has 4 heteroatoms. The lowest BCUT2D eigenvalue weighted by Gasteiger charge is -2.62. The molecule has 1 aromatic rings. The number of amides is 2. The van der Waals surface area contributed by atoms with Gasteiger partial charge in [0, 0.05) is 36.9 Å². The lowest BCUT2D eigenvalue weighted by atomic mass is 9.57. The van der Waals surface area contributed by atoms with E-state index in [2.05, 4.69) is 21.3 Å². The van der Waals surface area contributed by atoms with Crippen LogP contribution in [0.25, 0.3) is 0 Å². The summed E-state index contributed by atoms with van der Waals surface area (Å²) in [6.45, 7) is 3.58. The third-order valence-electron chi connectivity index (χ3n) is 5.50. The summed E-state index contributed by atoms with van der Waals surface area (Å²) in [6.07, 6.45) is 10.3. The summed E-state index contributed by atoms with van der Waals surface area (Å²) in [5.74, 6) is 0.783. The molecule has 1 aliphatic heterocycles. The van der Waals surface area contributed by atoms with Gasteiger partial charge in [-0.1, -0.05) is 12.5 Å². The van der Waals surface area contributed by atoms with Crippen LogP contribution in [0.2, 0.25) is 0 Å². The Kier molecular flexibility index (Phi) is 2.95. The second kappa shape index (κ2) is 4.72. The second-order valence-electron chi connectivity index (χ2n) is 7.16. The Hall–Kier alpha value is -1.58. The molecule has 2 heterocycles. The topological polar surface area (TPSA) is 45.2 Å². The highest BCUT2D eigenvalue weighted by atomic mass is 16.2. The van der Waals surface area contributed by atoms with Crippen molar-refractivity contribution in [3.63, 3.8) is 0 Å². The number of rotatable bonds is 3. The van der Waals surface area contributed by atoms with E-state index in [1.165, 1.54) is 32.1 Å². The summed E-state index contributed by atoms with van der Waals surface area (Å²) in [6, 6.07) is 2.72. The number of aromatic nitrogens is 1. The van der Waals surface area contributed by atoms with Crippen molar-refractivity contribution < 1.29 is 4.79 Å². The van der Waals surface area contributed by atoms with Crippen LogP contribution >= 0.6 is 0 Å². The predicted octanol–water partition coefficient (Wildman–Crippen LogP) is 2.86. The largest absolute Gasteiger partial charge is 0.334 e. The Bertz CT molecular complexity index is 563. The molecular weight excluding hydrogens is 262 g/mol. The minimum Gasteiger partial charge on any atom is -0.334 e. The quantitative estimate of drug-likeness (QED) is 0.928. The van der Waals surface area contributed by atoms with Crippen LogP contribution in [0.15, 0.2) is 18.5 Å². The van der Waals surface area contributed by atoms with Gasteiger partial charge < -0.3 is 10.2 Å². The van der Waals surface area contributed by atoms with E-state index < -0.39 is 0 Å². The SMILES string of the molecule is Cc1cncc(CNC(=O)N2CC3(CCC3)C2C2CC2)c1.